The predicted octanol–water partition coefficient (Wildman–Crippen LogP) is 0.931. The molecule has 0 saturated carbocycles. The highest BCUT2D eigenvalue weighted by Crippen LogP contribution is 2.13. The van der Waals surface area contributed by atoms with Gasteiger partial charge in [0.25, 0.3) is 0 Å². The molecule has 2 heterocycles. The number of piperazine rings is 1. The average molecular weight is 338 g/mol. The van der Waals surface area contributed by atoms with Gasteiger partial charge in [-0.2, -0.15) is 4.37 Å². The molecule has 1 fully saturated rings. The summed E-state index contributed by atoms with van der Waals surface area (Å²) in [6.45, 7) is 3.42. The monoisotopic (exact) mass is 338 g/mol. The fourth-order valence-electron chi connectivity index (χ4n) is 1.85. The first-order chi connectivity index (χ1) is 7.15. The first-order valence-corrected chi connectivity index (χ1v) is 6.87. The molecule has 84 valence electrons. The fourth-order valence-corrected chi connectivity index (χ4v) is 2.86. The van der Waals surface area contributed by atoms with Gasteiger partial charge >= 0.3 is 0 Å². The third kappa shape index (κ3) is 3.08. The Hall–Kier alpha value is 0.210. The molecule has 0 aromatic carbocycles. The maximum Gasteiger partial charge on any atom is 0.173 e. The van der Waals surface area contributed by atoms with Gasteiger partial charge in [0.2, 0.25) is 0 Å². The van der Waals surface area contributed by atoms with Crippen LogP contribution in [-0.4, -0.2) is 58.9 Å². The van der Waals surface area contributed by atoms with Crippen LogP contribution in [0.3, 0.4) is 0 Å². The second-order valence-electron chi connectivity index (χ2n) is 4.06. The lowest BCUT2D eigenvalue weighted by Gasteiger charge is -2.37. The molecular weight excluding hydrogens is 323 g/mol. The molecule has 1 aliphatic rings. The molecular formula is C9H15IN4S. The molecule has 2 rings (SSSR count). The van der Waals surface area contributed by atoms with Gasteiger partial charge in [0.15, 0.2) is 3.01 Å². The van der Waals surface area contributed by atoms with Crippen molar-refractivity contribution >= 4 is 34.1 Å². The maximum atomic E-state index is 4.41. The number of nitrogens with zero attached hydrogens (tertiary/aromatic N) is 4. The molecule has 15 heavy (non-hydrogen) atoms. The minimum atomic E-state index is 0.564. The smallest absolute Gasteiger partial charge is 0.173 e. The van der Waals surface area contributed by atoms with Crippen molar-refractivity contribution in [1.82, 2.24) is 19.2 Å². The van der Waals surface area contributed by atoms with Crippen LogP contribution in [0.25, 0.3) is 0 Å². The van der Waals surface area contributed by atoms with Crippen LogP contribution in [0.4, 0.5) is 0 Å². The van der Waals surface area contributed by atoms with Crippen LogP contribution in [0, 0.1) is 3.01 Å². The van der Waals surface area contributed by atoms with E-state index in [-0.39, 0.29) is 0 Å². The summed E-state index contributed by atoms with van der Waals surface area (Å²) < 4.78 is 5.38. The zero-order valence-corrected chi connectivity index (χ0v) is 12.0. The van der Waals surface area contributed by atoms with E-state index in [9.17, 15) is 0 Å². The Morgan fingerprint density at radius 1 is 1.47 bits per heavy atom. The van der Waals surface area contributed by atoms with E-state index in [1.54, 1.807) is 0 Å². The normalized spacial score (nSPS) is 24.6. The van der Waals surface area contributed by atoms with E-state index in [1.165, 1.54) is 11.5 Å². The minimum absolute atomic E-state index is 0.564. The van der Waals surface area contributed by atoms with Crippen molar-refractivity contribution in [2.75, 3.05) is 33.7 Å². The minimum Gasteiger partial charge on any atom is -0.304 e. The predicted molar refractivity (Wildman–Crippen MR) is 70.2 cm³/mol. The lowest BCUT2D eigenvalue weighted by molar-refractivity contribution is 0.113. The van der Waals surface area contributed by atoms with Crippen molar-refractivity contribution in [2.45, 2.75) is 12.5 Å². The summed E-state index contributed by atoms with van der Waals surface area (Å²) in [4.78, 5) is 9.20. The third-order valence-electron chi connectivity index (χ3n) is 2.84. The summed E-state index contributed by atoms with van der Waals surface area (Å²) in [5.74, 6) is 0.997. The van der Waals surface area contributed by atoms with Crippen molar-refractivity contribution in [3.05, 3.63) is 8.84 Å². The molecule has 0 radical (unpaired) electrons. The molecule has 0 aliphatic carbocycles. The van der Waals surface area contributed by atoms with E-state index < -0.39 is 0 Å². The van der Waals surface area contributed by atoms with Crippen LogP contribution in [0.1, 0.15) is 5.82 Å². The largest absolute Gasteiger partial charge is 0.304 e. The molecule has 1 unspecified atom stereocenters. The molecule has 1 aromatic rings. The second kappa shape index (κ2) is 5.03. The molecule has 0 spiro atoms. The SMILES string of the molecule is CN1CCN(C)C(Cc2nsc(I)n2)C1. The number of aromatic nitrogens is 2. The van der Waals surface area contributed by atoms with E-state index in [0.717, 1.165) is 34.9 Å². The summed E-state index contributed by atoms with van der Waals surface area (Å²) in [5, 5.41) is 0. The van der Waals surface area contributed by atoms with Gasteiger partial charge in [-0.15, -0.1) is 0 Å². The number of hydrogen-bond acceptors (Lipinski definition) is 5. The first-order valence-electron chi connectivity index (χ1n) is 5.02. The summed E-state index contributed by atoms with van der Waals surface area (Å²) >= 11 is 3.71. The quantitative estimate of drug-likeness (QED) is 0.751. The van der Waals surface area contributed by atoms with Crippen LogP contribution in [0.15, 0.2) is 0 Å². The molecule has 1 aromatic heterocycles. The van der Waals surface area contributed by atoms with Crippen LogP contribution in [0.5, 0.6) is 0 Å². The van der Waals surface area contributed by atoms with Gasteiger partial charge < -0.3 is 9.80 Å². The Bertz CT molecular complexity index is 330. The highest BCUT2D eigenvalue weighted by molar-refractivity contribution is 14.1. The lowest BCUT2D eigenvalue weighted by atomic mass is 10.1. The Balaban J connectivity index is 1.98. The van der Waals surface area contributed by atoms with Crippen molar-refractivity contribution in [3.63, 3.8) is 0 Å². The molecule has 1 atom stereocenters. The van der Waals surface area contributed by atoms with Gasteiger partial charge in [-0.05, 0) is 48.2 Å². The van der Waals surface area contributed by atoms with Gasteiger partial charge in [-0.3, -0.25) is 0 Å². The van der Waals surface area contributed by atoms with E-state index >= 15 is 0 Å². The third-order valence-corrected chi connectivity index (χ3v) is 4.22. The highest BCUT2D eigenvalue weighted by atomic mass is 127. The van der Waals surface area contributed by atoms with Crippen LogP contribution >= 0.6 is 34.1 Å². The Labute approximate surface area is 108 Å². The summed E-state index contributed by atoms with van der Waals surface area (Å²) in [6, 6.07) is 0.564. The van der Waals surface area contributed by atoms with Gasteiger partial charge in [-0.25, -0.2) is 4.98 Å². The van der Waals surface area contributed by atoms with Crippen LogP contribution in [-0.2, 0) is 6.42 Å². The van der Waals surface area contributed by atoms with Crippen LogP contribution < -0.4 is 0 Å². The van der Waals surface area contributed by atoms with Gasteiger partial charge in [0.05, 0.1) is 0 Å². The van der Waals surface area contributed by atoms with Crippen molar-refractivity contribution in [2.24, 2.45) is 0 Å². The van der Waals surface area contributed by atoms with E-state index in [0.29, 0.717) is 6.04 Å². The number of halogens is 1. The van der Waals surface area contributed by atoms with Crippen LogP contribution in [0.2, 0.25) is 0 Å². The van der Waals surface area contributed by atoms with E-state index in [4.69, 9.17) is 0 Å². The molecule has 4 nitrogen and oxygen atoms in total. The number of rotatable bonds is 2. The second-order valence-corrected chi connectivity index (χ2v) is 6.57. The van der Waals surface area contributed by atoms with Gasteiger partial charge in [0.1, 0.15) is 5.82 Å². The molecule has 0 amide bonds. The first kappa shape index (κ1) is 11.7. The molecule has 0 N–H and O–H groups in total. The summed E-state index contributed by atoms with van der Waals surface area (Å²) in [6.07, 6.45) is 0.973. The lowest BCUT2D eigenvalue weighted by Crippen LogP contribution is -2.50. The average Bonchev–Trinajstić information content (AvgIpc) is 2.58. The van der Waals surface area contributed by atoms with Gasteiger partial charge in [-0.1, -0.05) is 0 Å². The standard InChI is InChI=1S/C9H15IN4S/c1-13-3-4-14(2)7(6-13)5-8-11-9(10)15-12-8/h7H,3-6H2,1-2H3. The Morgan fingerprint density at radius 3 is 2.93 bits per heavy atom. The summed E-state index contributed by atoms with van der Waals surface area (Å²) in [7, 11) is 4.37. The Morgan fingerprint density at radius 2 is 2.27 bits per heavy atom. The summed E-state index contributed by atoms with van der Waals surface area (Å²) in [5.41, 5.74) is 0. The maximum absolute atomic E-state index is 4.41. The zero-order valence-electron chi connectivity index (χ0n) is 8.98. The number of likely N-dealkylation sites (N-methyl/N-ethyl adjacent to an activating group) is 2. The van der Waals surface area contributed by atoms with Crippen molar-refractivity contribution < 1.29 is 0 Å². The van der Waals surface area contributed by atoms with Crippen molar-refractivity contribution in [3.8, 4) is 0 Å². The molecule has 1 saturated heterocycles. The highest BCUT2D eigenvalue weighted by Gasteiger charge is 2.23. The zero-order chi connectivity index (χ0) is 10.8. The Kier molecular flexibility index (Phi) is 3.92. The topological polar surface area (TPSA) is 32.3 Å². The van der Waals surface area contributed by atoms with Crippen molar-refractivity contribution in [1.29, 1.82) is 0 Å². The molecule has 1 aliphatic heterocycles. The molecule has 0 bridgehead atoms. The molecule has 6 heteroatoms. The van der Waals surface area contributed by atoms with E-state index in [1.807, 2.05) is 0 Å². The van der Waals surface area contributed by atoms with Gasteiger partial charge in [0, 0.05) is 32.1 Å². The fraction of sp³-hybridized carbons (Fsp3) is 0.778. The van der Waals surface area contributed by atoms with E-state index in [2.05, 4.69) is 55.8 Å². The number of hydrogen-bond donors (Lipinski definition) is 0.